The van der Waals surface area contributed by atoms with E-state index in [2.05, 4.69) is 17.3 Å². The fourth-order valence-corrected chi connectivity index (χ4v) is 6.67. The lowest BCUT2D eigenvalue weighted by molar-refractivity contribution is -0.0404. The topological polar surface area (TPSA) is 69.7 Å². The number of fused-ring (bicyclic) bond motifs is 3. The van der Waals surface area contributed by atoms with Gasteiger partial charge in [0, 0.05) is 31.7 Å². The summed E-state index contributed by atoms with van der Waals surface area (Å²) in [6.45, 7) is 4.96. The molecule has 0 unspecified atom stereocenters. The number of likely N-dealkylation sites (N-methyl/N-ethyl adjacent to an activating group) is 1. The van der Waals surface area contributed by atoms with E-state index in [1.165, 1.54) is 18.4 Å². The molecule has 2 bridgehead atoms. The SMILES string of the molecule is Cc1cccc(C)c1C(=O)N[C@H](c1ccc(S(=O)(=O)N(C)C)cc1)C12CCC(CC1)CN2C. The molecule has 0 aromatic heterocycles. The van der Waals surface area contributed by atoms with Crippen LogP contribution >= 0.6 is 0 Å². The first-order valence-corrected chi connectivity index (χ1v) is 13.1. The largest absolute Gasteiger partial charge is 0.343 e. The van der Waals surface area contributed by atoms with Gasteiger partial charge in [0.25, 0.3) is 5.91 Å². The quantitative estimate of drug-likeness (QED) is 0.697. The molecule has 33 heavy (non-hydrogen) atoms. The van der Waals surface area contributed by atoms with Crippen LogP contribution in [0.3, 0.4) is 0 Å². The third kappa shape index (κ3) is 4.22. The summed E-state index contributed by atoms with van der Waals surface area (Å²) in [5.41, 5.74) is 3.40. The predicted molar refractivity (Wildman–Crippen MR) is 131 cm³/mol. The molecule has 178 valence electrons. The van der Waals surface area contributed by atoms with Crippen molar-refractivity contribution in [2.24, 2.45) is 5.92 Å². The highest BCUT2D eigenvalue weighted by atomic mass is 32.2. The van der Waals surface area contributed by atoms with Crippen LogP contribution in [0.25, 0.3) is 0 Å². The van der Waals surface area contributed by atoms with Gasteiger partial charge in [-0.25, -0.2) is 12.7 Å². The van der Waals surface area contributed by atoms with Crippen molar-refractivity contribution in [1.82, 2.24) is 14.5 Å². The first-order valence-electron chi connectivity index (χ1n) is 11.7. The second kappa shape index (κ2) is 8.85. The molecular weight excluding hydrogens is 434 g/mol. The normalized spacial score (nSPS) is 24.1. The lowest BCUT2D eigenvalue weighted by Crippen LogP contribution is -2.62. The molecule has 7 heteroatoms. The van der Waals surface area contributed by atoms with E-state index in [0.29, 0.717) is 0 Å². The molecule has 2 heterocycles. The van der Waals surface area contributed by atoms with Crippen LogP contribution in [0.1, 0.15) is 58.8 Å². The third-order valence-electron chi connectivity index (χ3n) is 7.78. The van der Waals surface area contributed by atoms with E-state index in [-0.39, 0.29) is 22.4 Å². The average Bonchev–Trinajstić information content (AvgIpc) is 2.78. The average molecular weight is 470 g/mol. The lowest BCUT2D eigenvalue weighted by Gasteiger charge is -2.57. The molecule has 2 saturated heterocycles. The maximum Gasteiger partial charge on any atom is 0.252 e. The second-order valence-corrected chi connectivity index (χ2v) is 12.1. The Hall–Kier alpha value is -2.22. The van der Waals surface area contributed by atoms with Crippen LogP contribution in [0.5, 0.6) is 0 Å². The van der Waals surface area contributed by atoms with Crippen LogP contribution in [0.4, 0.5) is 0 Å². The van der Waals surface area contributed by atoms with Crippen LogP contribution in [0.15, 0.2) is 47.4 Å². The fraction of sp³-hybridized carbons (Fsp3) is 0.500. The Morgan fingerprint density at radius 3 is 2.15 bits per heavy atom. The van der Waals surface area contributed by atoms with E-state index in [0.717, 1.165) is 60.4 Å². The molecular formula is C26H35N3O3S. The highest BCUT2D eigenvalue weighted by Crippen LogP contribution is 2.49. The molecule has 2 aromatic carbocycles. The molecule has 1 amide bonds. The van der Waals surface area contributed by atoms with Crippen LogP contribution in [0, 0.1) is 19.8 Å². The summed E-state index contributed by atoms with van der Waals surface area (Å²) < 4.78 is 26.4. The number of rotatable bonds is 6. The molecule has 2 aromatic rings. The van der Waals surface area contributed by atoms with Crippen molar-refractivity contribution >= 4 is 15.9 Å². The number of hydrogen-bond donors (Lipinski definition) is 1. The van der Waals surface area contributed by atoms with Crippen molar-refractivity contribution < 1.29 is 13.2 Å². The Morgan fingerprint density at radius 2 is 1.64 bits per heavy atom. The van der Waals surface area contributed by atoms with Crippen molar-refractivity contribution in [1.29, 1.82) is 0 Å². The standard InChI is InChI=1S/C26H35N3O3S/c1-18-7-6-8-19(2)23(18)25(30)27-24(26-15-13-20(14-16-26)17-29(26)5)21-9-11-22(12-10-21)33(31,32)28(3)4/h6-12,20,24H,13-17H2,1-5H3,(H,27,30)/t20?,24-,26?/m1/s1. The maximum absolute atomic E-state index is 13.6. The molecule has 6 nitrogen and oxygen atoms in total. The van der Waals surface area contributed by atoms with Gasteiger partial charge >= 0.3 is 0 Å². The van der Waals surface area contributed by atoms with Crippen LogP contribution in [-0.2, 0) is 10.0 Å². The Kier molecular flexibility index (Phi) is 6.42. The second-order valence-electron chi connectivity index (χ2n) is 9.96. The summed E-state index contributed by atoms with van der Waals surface area (Å²) >= 11 is 0. The summed E-state index contributed by atoms with van der Waals surface area (Å²) in [5, 5.41) is 3.39. The molecule has 3 fully saturated rings. The Morgan fingerprint density at radius 1 is 1.06 bits per heavy atom. The zero-order valence-electron chi connectivity index (χ0n) is 20.3. The minimum atomic E-state index is -3.51. The minimum absolute atomic E-state index is 0.0731. The van der Waals surface area contributed by atoms with E-state index in [1.54, 1.807) is 12.1 Å². The van der Waals surface area contributed by atoms with E-state index in [4.69, 9.17) is 0 Å². The van der Waals surface area contributed by atoms with Gasteiger partial charge in [-0.2, -0.15) is 0 Å². The minimum Gasteiger partial charge on any atom is -0.343 e. The Balaban J connectivity index is 1.75. The van der Waals surface area contributed by atoms with Gasteiger partial charge in [0.2, 0.25) is 10.0 Å². The lowest BCUT2D eigenvalue weighted by atomic mass is 9.65. The van der Waals surface area contributed by atoms with Crippen molar-refractivity contribution in [2.75, 3.05) is 27.7 Å². The number of carbonyl (C=O) groups excluding carboxylic acids is 1. The van der Waals surface area contributed by atoms with Crippen molar-refractivity contribution in [3.63, 3.8) is 0 Å². The van der Waals surface area contributed by atoms with Gasteiger partial charge in [-0.3, -0.25) is 9.69 Å². The van der Waals surface area contributed by atoms with Gasteiger partial charge in [-0.15, -0.1) is 0 Å². The smallest absolute Gasteiger partial charge is 0.252 e. The number of nitrogens with zero attached hydrogens (tertiary/aromatic N) is 2. The van der Waals surface area contributed by atoms with Gasteiger partial charge < -0.3 is 5.32 Å². The number of hydrogen-bond acceptors (Lipinski definition) is 4. The molecule has 0 spiro atoms. The number of piperidine rings is 2. The highest BCUT2D eigenvalue weighted by Gasteiger charge is 2.50. The number of sulfonamides is 1. The van der Waals surface area contributed by atoms with Gasteiger partial charge in [0.05, 0.1) is 10.9 Å². The zero-order valence-corrected chi connectivity index (χ0v) is 21.1. The molecule has 0 radical (unpaired) electrons. The summed E-state index contributed by atoms with van der Waals surface area (Å²) in [4.78, 5) is 16.3. The van der Waals surface area contributed by atoms with E-state index >= 15 is 0 Å². The molecule has 5 rings (SSSR count). The van der Waals surface area contributed by atoms with Gasteiger partial charge in [-0.1, -0.05) is 30.3 Å². The van der Waals surface area contributed by atoms with Crippen LogP contribution in [0.2, 0.25) is 0 Å². The predicted octanol–water partition coefficient (Wildman–Crippen LogP) is 3.90. The van der Waals surface area contributed by atoms with Gasteiger partial charge in [-0.05, 0) is 81.3 Å². The third-order valence-corrected chi connectivity index (χ3v) is 9.61. The summed E-state index contributed by atoms with van der Waals surface area (Å²) in [6, 6.07) is 12.7. The van der Waals surface area contributed by atoms with Gasteiger partial charge in [0.1, 0.15) is 0 Å². The number of nitrogens with one attached hydrogen (secondary N) is 1. The van der Waals surface area contributed by atoms with Crippen molar-refractivity contribution in [3.8, 4) is 0 Å². The number of benzene rings is 2. The number of carbonyl (C=O) groups is 1. The van der Waals surface area contributed by atoms with Crippen molar-refractivity contribution in [3.05, 3.63) is 64.7 Å². The first-order chi connectivity index (χ1) is 15.6. The molecule has 1 aliphatic carbocycles. The monoisotopic (exact) mass is 469 g/mol. The molecule has 1 saturated carbocycles. The summed E-state index contributed by atoms with van der Waals surface area (Å²) in [7, 11) is 1.72. The number of aryl methyl sites for hydroxylation is 2. The van der Waals surface area contributed by atoms with Crippen LogP contribution < -0.4 is 5.32 Å². The van der Waals surface area contributed by atoms with E-state index < -0.39 is 10.0 Å². The highest BCUT2D eigenvalue weighted by molar-refractivity contribution is 7.89. The summed E-state index contributed by atoms with van der Waals surface area (Å²) in [5.74, 6) is 0.649. The Labute approximate surface area is 198 Å². The maximum atomic E-state index is 13.6. The summed E-state index contributed by atoms with van der Waals surface area (Å²) in [6.07, 6.45) is 4.35. The van der Waals surface area contributed by atoms with E-state index in [9.17, 15) is 13.2 Å². The molecule has 1 atom stereocenters. The molecule has 3 aliphatic rings. The Bertz CT molecular complexity index is 1110. The number of amides is 1. The fourth-order valence-electron chi connectivity index (χ4n) is 5.77. The van der Waals surface area contributed by atoms with Crippen molar-refractivity contribution in [2.45, 2.75) is 56.0 Å². The molecule has 1 N–H and O–H groups in total. The van der Waals surface area contributed by atoms with E-state index in [1.807, 2.05) is 44.2 Å². The first kappa shape index (κ1) is 23.9. The van der Waals surface area contributed by atoms with Crippen LogP contribution in [-0.4, -0.2) is 56.8 Å². The zero-order chi connectivity index (χ0) is 24.0. The van der Waals surface area contributed by atoms with Gasteiger partial charge in [0.15, 0.2) is 0 Å². The molecule has 2 aliphatic heterocycles.